The number of rotatable bonds is 4. The number of hydrogen-bond acceptors (Lipinski definition) is 5. The largest absolute Gasteiger partial charge is 0.493 e. The van der Waals surface area contributed by atoms with Crippen molar-refractivity contribution < 1.29 is 14.4 Å². The third-order valence-corrected chi connectivity index (χ3v) is 3.85. The van der Waals surface area contributed by atoms with Crippen LogP contribution < -0.4 is 14.4 Å². The quantitative estimate of drug-likeness (QED) is 0.640. The zero-order valence-electron chi connectivity index (χ0n) is 12.4. The Morgan fingerprint density at radius 2 is 1.73 bits per heavy atom. The van der Waals surface area contributed by atoms with Crippen LogP contribution in [0.1, 0.15) is 5.56 Å². The summed E-state index contributed by atoms with van der Waals surface area (Å²) in [7, 11) is 3.22. The Balaban J connectivity index is 1.98. The Morgan fingerprint density at radius 1 is 1.09 bits per heavy atom. The van der Waals surface area contributed by atoms with E-state index in [9.17, 15) is 10.1 Å². The van der Waals surface area contributed by atoms with Gasteiger partial charge in [-0.1, -0.05) is 0 Å². The van der Waals surface area contributed by atoms with Gasteiger partial charge in [0.05, 0.1) is 19.1 Å². The topological polar surface area (TPSA) is 64.8 Å². The molecule has 0 fully saturated rings. The third kappa shape index (κ3) is 2.32. The van der Waals surface area contributed by atoms with Gasteiger partial charge < -0.3 is 14.4 Å². The highest BCUT2D eigenvalue weighted by Gasteiger charge is 2.23. The number of methoxy groups -OCH3 is 2. The van der Waals surface area contributed by atoms with Gasteiger partial charge in [0, 0.05) is 36.1 Å². The molecule has 1 heterocycles. The highest BCUT2D eigenvalue weighted by atomic mass is 16.6. The third-order valence-electron chi connectivity index (χ3n) is 3.85. The molecule has 3 rings (SSSR count). The van der Waals surface area contributed by atoms with E-state index in [4.69, 9.17) is 9.47 Å². The highest BCUT2D eigenvalue weighted by Crippen LogP contribution is 2.41. The average molecular weight is 300 g/mol. The van der Waals surface area contributed by atoms with Gasteiger partial charge in [0.25, 0.3) is 5.69 Å². The van der Waals surface area contributed by atoms with Gasteiger partial charge in [-0.05, 0) is 30.2 Å². The normalized spacial score (nSPS) is 12.9. The van der Waals surface area contributed by atoms with Crippen molar-refractivity contribution in [2.75, 3.05) is 25.7 Å². The predicted molar refractivity (Wildman–Crippen MR) is 83.4 cm³/mol. The summed E-state index contributed by atoms with van der Waals surface area (Å²) >= 11 is 0. The Hall–Kier alpha value is -2.76. The van der Waals surface area contributed by atoms with Crippen molar-refractivity contribution in [2.45, 2.75) is 6.42 Å². The van der Waals surface area contributed by atoms with Crippen LogP contribution in [0.5, 0.6) is 11.5 Å². The molecule has 6 nitrogen and oxygen atoms in total. The van der Waals surface area contributed by atoms with Gasteiger partial charge in [-0.2, -0.15) is 0 Å². The molecule has 0 spiro atoms. The Labute approximate surface area is 128 Å². The number of nitro groups is 1. The van der Waals surface area contributed by atoms with Gasteiger partial charge in [0.15, 0.2) is 11.5 Å². The zero-order chi connectivity index (χ0) is 15.7. The van der Waals surface area contributed by atoms with Crippen molar-refractivity contribution in [3.05, 3.63) is 52.1 Å². The van der Waals surface area contributed by atoms with Crippen LogP contribution in [0.3, 0.4) is 0 Å². The van der Waals surface area contributed by atoms with Gasteiger partial charge >= 0.3 is 0 Å². The van der Waals surface area contributed by atoms with Crippen molar-refractivity contribution in [3.8, 4) is 11.5 Å². The molecule has 0 saturated heterocycles. The minimum absolute atomic E-state index is 0.0930. The second kappa shape index (κ2) is 5.55. The van der Waals surface area contributed by atoms with Gasteiger partial charge in [0.1, 0.15) is 0 Å². The van der Waals surface area contributed by atoms with Crippen molar-refractivity contribution in [2.24, 2.45) is 0 Å². The molecule has 1 aliphatic rings. The van der Waals surface area contributed by atoms with Gasteiger partial charge in [-0.3, -0.25) is 10.1 Å². The lowest BCUT2D eigenvalue weighted by molar-refractivity contribution is -0.384. The summed E-state index contributed by atoms with van der Waals surface area (Å²) in [5.41, 5.74) is 3.24. The van der Waals surface area contributed by atoms with E-state index in [0.717, 1.165) is 24.3 Å². The molecule has 6 heteroatoms. The van der Waals surface area contributed by atoms with Crippen LogP contribution in [0.25, 0.3) is 0 Å². The van der Waals surface area contributed by atoms with Crippen molar-refractivity contribution in [1.29, 1.82) is 0 Å². The molecule has 0 radical (unpaired) electrons. The van der Waals surface area contributed by atoms with Crippen LogP contribution >= 0.6 is 0 Å². The molecule has 0 aliphatic carbocycles. The molecule has 0 saturated carbocycles. The molecule has 1 aliphatic heterocycles. The summed E-state index contributed by atoms with van der Waals surface area (Å²) in [4.78, 5) is 12.5. The summed E-state index contributed by atoms with van der Waals surface area (Å²) in [6, 6.07) is 10.5. The van der Waals surface area contributed by atoms with Gasteiger partial charge in [-0.15, -0.1) is 0 Å². The van der Waals surface area contributed by atoms with Crippen molar-refractivity contribution >= 4 is 17.1 Å². The first kappa shape index (κ1) is 14.2. The Bertz CT molecular complexity index is 713. The van der Waals surface area contributed by atoms with E-state index >= 15 is 0 Å². The smallest absolute Gasteiger partial charge is 0.269 e. The first-order valence-electron chi connectivity index (χ1n) is 6.91. The van der Waals surface area contributed by atoms with E-state index in [1.165, 1.54) is 17.7 Å². The second-order valence-electron chi connectivity index (χ2n) is 5.01. The number of benzene rings is 2. The van der Waals surface area contributed by atoms with Crippen LogP contribution in [0.15, 0.2) is 36.4 Å². The van der Waals surface area contributed by atoms with Gasteiger partial charge in [-0.25, -0.2) is 0 Å². The molecule has 0 aromatic heterocycles. The number of anilines is 2. The molecular weight excluding hydrogens is 284 g/mol. The van der Waals surface area contributed by atoms with E-state index < -0.39 is 4.92 Å². The van der Waals surface area contributed by atoms with Gasteiger partial charge in [0.2, 0.25) is 0 Å². The second-order valence-corrected chi connectivity index (χ2v) is 5.01. The molecule has 114 valence electrons. The first-order chi connectivity index (χ1) is 10.6. The minimum atomic E-state index is -0.393. The first-order valence-corrected chi connectivity index (χ1v) is 6.91. The van der Waals surface area contributed by atoms with Crippen molar-refractivity contribution in [3.63, 3.8) is 0 Å². The van der Waals surface area contributed by atoms with E-state index in [1.807, 2.05) is 12.1 Å². The molecule has 2 aromatic carbocycles. The summed E-state index contributed by atoms with van der Waals surface area (Å²) in [6.45, 7) is 0.823. The number of fused-ring (bicyclic) bond motifs is 1. The lowest BCUT2D eigenvalue weighted by Gasteiger charge is -2.20. The fourth-order valence-electron chi connectivity index (χ4n) is 2.74. The van der Waals surface area contributed by atoms with E-state index in [0.29, 0.717) is 11.5 Å². The molecule has 0 N–H and O–H groups in total. The average Bonchev–Trinajstić information content (AvgIpc) is 2.96. The number of non-ortho nitro benzene ring substituents is 1. The fourth-order valence-corrected chi connectivity index (χ4v) is 2.74. The number of ether oxygens (including phenoxy) is 2. The molecule has 22 heavy (non-hydrogen) atoms. The molecule has 0 unspecified atom stereocenters. The summed E-state index contributed by atoms with van der Waals surface area (Å²) in [6.07, 6.45) is 0.896. The Kier molecular flexibility index (Phi) is 3.58. The standard InChI is InChI=1S/C16H16N2O4/c1-21-15-9-11-7-8-17(14(11)10-16(15)22-2)12-3-5-13(6-4-12)18(19)20/h3-6,9-10H,7-8H2,1-2H3. The molecule has 0 atom stereocenters. The minimum Gasteiger partial charge on any atom is -0.493 e. The number of hydrogen-bond donors (Lipinski definition) is 0. The van der Waals surface area contributed by atoms with Crippen LogP contribution in [0, 0.1) is 10.1 Å². The summed E-state index contributed by atoms with van der Waals surface area (Å²) in [5.74, 6) is 1.39. The highest BCUT2D eigenvalue weighted by molar-refractivity contribution is 5.73. The zero-order valence-corrected chi connectivity index (χ0v) is 12.4. The number of nitro benzene ring substituents is 1. The molecule has 0 amide bonds. The molecule has 0 bridgehead atoms. The van der Waals surface area contributed by atoms with E-state index in [2.05, 4.69) is 4.90 Å². The predicted octanol–water partition coefficient (Wildman–Crippen LogP) is 3.31. The van der Waals surface area contributed by atoms with Crippen LogP contribution in [0.4, 0.5) is 17.1 Å². The SMILES string of the molecule is COc1cc2c(cc1OC)N(c1ccc([N+](=O)[O-])cc1)CC2. The molecule has 2 aromatic rings. The molecular formula is C16H16N2O4. The maximum absolute atomic E-state index is 10.7. The number of nitrogens with zero attached hydrogens (tertiary/aromatic N) is 2. The monoisotopic (exact) mass is 300 g/mol. The maximum atomic E-state index is 10.7. The van der Waals surface area contributed by atoms with Crippen LogP contribution in [-0.2, 0) is 6.42 Å². The van der Waals surface area contributed by atoms with E-state index in [-0.39, 0.29) is 5.69 Å². The summed E-state index contributed by atoms with van der Waals surface area (Å²) in [5, 5.41) is 10.7. The summed E-state index contributed by atoms with van der Waals surface area (Å²) < 4.78 is 10.7. The lowest BCUT2D eigenvalue weighted by atomic mass is 10.1. The fraction of sp³-hybridized carbons (Fsp3) is 0.250. The maximum Gasteiger partial charge on any atom is 0.269 e. The Morgan fingerprint density at radius 3 is 2.32 bits per heavy atom. The van der Waals surface area contributed by atoms with Crippen LogP contribution in [-0.4, -0.2) is 25.7 Å². The van der Waals surface area contributed by atoms with Crippen molar-refractivity contribution in [1.82, 2.24) is 0 Å². The lowest BCUT2D eigenvalue weighted by Crippen LogP contribution is -2.13. The van der Waals surface area contributed by atoms with E-state index in [1.54, 1.807) is 26.4 Å². The van der Waals surface area contributed by atoms with Crippen LogP contribution in [0.2, 0.25) is 0 Å².